The first kappa shape index (κ1) is 11.4. The van der Waals surface area contributed by atoms with Crippen molar-refractivity contribution in [3.05, 3.63) is 18.5 Å². The third-order valence-electron chi connectivity index (χ3n) is 2.08. The maximum atomic E-state index is 10.5. The van der Waals surface area contributed by atoms with E-state index in [1.807, 2.05) is 0 Å². The molecule has 0 saturated heterocycles. The van der Waals surface area contributed by atoms with Crippen molar-refractivity contribution >= 4 is 11.9 Å². The molecule has 1 rings (SSSR count). The van der Waals surface area contributed by atoms with Crippen LogP contribution in [-0.4, -0.2) is 27.6 Å². The molecular weight excluding hydrogens is 194 g/mol. The van der Waals surface area contributed by atoms with Gasteiger partial charge in [0.2, 0.25) is 5.95 Å². The van der Waals surface area contributed by atoms with Crippen LogP contribution in [0.5, 0.6) is 0 Å². The van der Waals surface area contributed by atoms with Gasteiger partial charge in [-0.1, -0.05) is 6.92 Å². The lowest BCUT2D eigenvalue weighted by Gasteiger charge is -2.06. The fourth-order valence-electron chi connectivity index (χ4n) is 1.12. The smallest absolute Gasteiger partial charge is 0.306 e. The van der Waals surface area contributed by atoms with E-state index in [4.69, 9.17) is 5.11 Å². The van der Waals surface area contributed by atoms with E-state index in [0.717, 1.165) is 6.42 Å². The number of carbonyl (C=O) groups is 1. The number of carboxylic acids is 1. The molecule has 0 aliphatic rings. The Kier molecular flexibility index (Phi) is 4.53. The molecule has 5 nitrogen and oxygen atoms in total. The van der Waals surface area contributed by atoms with E-state index in [0.29, 0.717) is 18.9 Å². The normalized spacial score (nSPS) is 12.1. The molecular formula is C10H15N3O2. The van der Waals surface area contributed by atoms with Gasteiger partial charge in [-0.05, 0) is 18.9 Å². The first-order valence-corrected chi connectivity index (χ1v) is 4.94. The topological polar surface area (TPSA) is 75.1 Å². The minimum atomic E-state index is -0.744. The first-order chi connectivity index (χ1) is 7.20. The van der Waals surface area contributed by atoms with Crippen molar-refractivity contribution in [2.45, 2.75) is 19.8 Å². The van der Waals surface area contributed by atoms with E-state index >= 15 is 0 Å². The Morgan fingerprint density at radius 1 is 1.53 bits per heavy atom. The highest BCUT2D eigenvalue weighted by molar-refractivity contribution is 5.69. The molecule has 0 spiro atoms. The second-order valence-electron chi connectivity index (χ2n) is 3.38. The highest BCUT2D eigenvalue weighted by Crippen LogP contribution is 2.05. The lowest BCUT2D eigenvalue weighted by molar-refractivity contribution is -0.141. The van der Waals surface area contributed by atoms with Gasteiger partial charge in [0, 0.05) is 18.9 Å². The summed E-state index contributed by atoms with van der Waals surface area (Å²) in [4.78, 5) is 18.5. The number of aliphatic carboxylic acids is 1. The molecule has 0 aromatic carbocycles. The Bertz CT molecular complexity index is 303. The zero-order valence-corrected chi connectivity index (χ0v) is 8.68. The van der Waals surface area contributed by atoms with E-state index in [2.05, 4.69) is 15.3 Å². The van der Waals surface area contributed by atoms with Crippen LogP contribution < -0.4 is 5.32 Å². The average Bonchev–Trinajstić information content (AvgIpc) is 2.25. The van der Waals surface area contributed by atoms with Gasteiger partial charge in [0.15, 0.2) is 0 Å². The van der Waals surface area contributed by atoms with Gasteiger partial charge in [-0.25, -0.2) is 9.97 Å². The fraction of sp³-hybridized carbons (Fsp3) is 0.500. The maximum absolute atomic E-state index is 10.5. The predicted molar refractivity (Wildman–Crippen MR) is 56.6 cm³/mol. The van der Waals surface area contributed by atoms with E-state index in [1.54, 1.807) is 25.4 Å². The quantitative estimate of drug-likeness (QED) is 0.692. The number of hydrogen-bond acceptors (Lipinski definition) is 4. The number of nitrogens with zero attached hydrogens (tertiary/aromatic N) is 2. The molecule has 15 heavy (non-hydrogen) atoms. The van der Waals surface area contributed by atoms with Crippen LogP contribution in [0.3, 0.4) is 0 Å². The first-order valence-electron chi connectivity index (χ1n) is 4.94. The molecule has 0 amide bonds. The second kappa shape index (κ2) is 5.95. The van der Waals surface area contributed by atoms with Gasteiger partial charge in [-0.2, -0.15) is 0 Å². The molecule has 1 aromatic rings. The summed E-state index contributed by atoms with van der Waals surface area (Å²) in [5, 5.41) is 11.7. The Labute approximate surface area is 88.6 Å². The number of hydrogen-bond donors (Lipinski definition) is 2. The Morgan fingerprint density at radius 3 is 2.80 bits per heavy atom. The van der Waals surface area contributed by atoms with Crippen molar-refractivity contribution in [1.82, 2.24) is 9.97 Å². The third-order valence-corrected chi connectivity index (χ3v) is 2.08. The number of carboxylic acid groups (broad SMARTS) is 1. The van der Waals surface area contributed by atoms with Crippen LogP contribution in [0.15, 0.2) is 18.5 Å². The van der Waals surface area contributed by atoms with Crippen molar-refractivity contribution in [2.75, 3.05) is 11.9 Å². The van der Waals surface area contributed by atoms with E-state index in [1.165, 1.54) is 0 Å². The van der Waals surface area contributed by atoms with Gasteiger partial charge in [-0.3, -0.25) is 4.79 Å². The molecule has 1 heterocycles. The molecule has 82 valence electrons. The standard InChI is InChI=1S/C10H15N3O2/c1-8(9(14)15)4-2-5-11-10-12-6-3-7-13-10/h3,6-8H,2,4-5H2,1H3,(H,14,15)(H,11,12,13). The van der Waals surface area contributed by atoms with Crippen molar-refractivity contribution in [2.24, 2.45) is 5.92 Å². The summed E-state index contributed by atoms with van der Waals surface area (Å²) in [5.74, 6) is -0.449. The van der Waals surface area contributed by atoms with Crippen LogP contribution in [0.4, 0.5) is 5.95 Å². The minimum absolute atomic E-state index is 0.288. The van der Waals surface area contributed by atoms with Crippen LogP contribution in [-0.2, 0) is 4.79 Å². The average molecular weight is 209 g/mol. The molecule has 1 atom stereocenters. The zero-order chi connectivity index (χ0) is 11.1. The van der Waals surface area contributed by atoms with Crippen molar-refractivity contribution < 1.29 is 9.90 Å². The van der Waals surface area contributed by atoms with E-state index in [-0.39, 0.29) is 5.92 Å². The van der Waals surface area contributed by atoms with Gasteiger partial charge in [0.05, 0.1) is 5.92 Å². The van der Waals surface area contributed by atoms with Gasteiger partial charge in [0.25, 0.3) is 0 Å². The molecule has 1 aromatic heterocycles. The molecule has 0 radical (unpaired) electrons. The molecule has 0 saturated carbocycles. The van der Waals surface area contributed by atoms with E-state index in [9.17, 15) is 4.79 Å². The van der Waals surface area contributed by atoms with Gasteiger partial charge in [-0.15, -0.1) is 0 Å². The molecule has 1 unspecified atom stereocenters. The largest absolute Gasteiger partial charge is 0.481 e. The van der Waals surface area contributed by atoms with Crippen LogP contribution in [0.2, 0.25) is 0 Å². The van der Waals surface area contributed by atoms with Crippen LogP contribution in [0.25, 0.3) is 0 Å². The van der Waals surface area contributed by atoms with Crippen molar-refractivity contribution in [1.29, 1.82) is 0 Å². The number of rotatable bonds is 6. The van der Waals surface area contributed by atoms with Crippen molar-refractivity contribution in [3.63, 3.8) is 0 Å². The Morgan fingerprint density at radius 2 is 2.20 bits per heavy atom. The molecule has 2 N–H and O–H groups in total. The minimum Gasteiger partial charge on any atom is -0.481 e. The van der Waals surface area contributed by atoms with Gasteiger partial charge in [0.1, 0.15) is 0 Å². The van der Waals surface area contributed by atoms with Crippen LogP contribution in [0, 0.1) is 5.92 Å². The lowest BCUT2D eigenvalue weighted by atomic mass is 10.1. The summed E-state index contributed by atoms with van der Waals surface area (Å²) in [7, 11) is 0. The summed E-state index contributed by atoms with van der Waals surface area (Å²) in [6.45, 7) is 2.41. The third kappa shape index (κ3) is 4.39. The molecule has 0 fully saturated rings. The lowest BCUT2D eigenvalue weighted by Crippen LogP contribution is -2.12. The maximum Gasteiger partial charge on any atom is 0.306 e. The number of nitrogens with one attached hydrogen (secondary N) is 1. The predicted octanol–water partition coefficient (Wildman–Crippen LogP) is 1.39. The monoisotopic (exact) mass is 209 g/mol. The number of aromatic nitrogens is 2. The summed E-state index contributed by atoms with van der Waals surface area (Å²) >= 11 is 0. The molecule has 0 aliphatic heterocycles. The highest BCUT2D eigenvalue weighted by atomic mass is 16.4. The zero-order valence-electron chi connectivity index (χ0n) is 8.68. The van der Waals surface area contributed by atoms with Crippen LogP contribution >= 0.6 is 0 Å². The number of anilines is 1. The summed E-state index contributed by atoms with van der Waals surface area (Å²) in [5.41, 5.74) is 0. The Balaban J connectivity index is 2.15. The summed E-state index contributed by atoms with van der Waals surface area (Å²) < 4.78 is 0. The fourth-order valence-corrected chi connectivity index (χ4v) is 1.12. The van der Waals surface area contributed by atoms with E-state index < -0.39 is 5.97 Å². The molecule has 0 aliphatic carbocycles. The summed E-state index contributed by atoms with van der Waals surface area (Å²) in [6.07, 6.45) is 4.78. The summed E-state index contributed by atoms with van der Waals surface area (Å²) in [6, 6.07) is 1.75. The van der Waals surface area contributed by atoms with Crippen molar-refractivity contribution in [3.8, 4) is 0 Å². The Hall–Kier alpha value is -1.65. The van der Waals surface area contributed by atoms with Crippen LogP contribution in [0.1, 0.15) is 19.8 Å². The molecule has 5 heteroatoms. The van der Waals surface area contributed by atoms with Gasteiger partial charge >= 0.3 is 5.97 Å². The molecule has 0 bridgehead atoms. The second-order valence-corrected chi connectivity index (χ2v) is 3.38. The SMILES string of the molecule is CC(CCCNc1ncccn1)C(=O)O. The highest BCUT2D eigenvalue weighted by Gasteiger charge is 2.09. The van der Waals surface area contributed by atoms with Gasteiger partial charge < -0.3 is 10.4 Å².